The molecule has 0 atom stereocenters. The molecular weight excluding hydrogens is 337 g/mol. The number of carbonyl (C=O) groups excluding carboxylic acids is 1. The van der Waals surface area contributed by atoms with E-state index in [1.807, 2.05) is 0 Å². The van der Waals surface area contributed by atoms with Crippen LogP contribution in [0.25, 0.3) is 11.3 Å². The Morgan fingerprint density at radius 3 is 2.48 bits per heavy atom. The molecule has 2 N–H and O–H groups in total. The molecule has 1 amide bonds. The molecule has 0 unspecified atom stereocenters. The number of halogens is 3. The highest BCUT2D eigenvalue weighted by Crippen LogP contribution is 2.32. The van der Waals surface area contributed by atoms with Gasteiger partial charge in [0.05, 0.1) is 11.9 Å². The molecule has 0 bridgehead atoms. The van der Waals surface area contributed by atoms with Crippen LogP contribution in [0.4, 0.5) is 19.1 Å². The average Bonchev–Trinajstić information content (AvgIpc) is 3.00. The second-order valence-corrected chi connectivity index (χ2v) is 6.00. The lowest BCUT2D eigenvalue weighted by Crippen LogP contribution is -2.39. The Morgan fingerprint density at radius 1 is 1.28 bits per heavy atom. The van der Waals surface area contributed by atoms with Gasteiger partial charge in [0.25, 0.3) is 0 Å². The first kappa shape index (κ1) is 17.2. The third-order valence-corrected chi connectivity index (χ3v) is 4.19. The number of aryl methyl sites for hydroxylation is 1. The van der Waals surface area contributed by atoms with Gasteiger partial charge in [-0.05, 0) is 18.9 Å². The molecule has 1 fully saturated rings. The topological polar surface area (TPSA) is 89.9 Å². The summed E-state index contributed by atoms with van der Waals surface area (Å²) in [5.41, 5.74) is 4.91. The molecule has 0 saturated carbocycles. The molecule has 0 aromatic carbocycles. The summed E-state index contributed by atoms with van der Waals surface area (Å²) < 4.78 is 41.1. The molecular formula is C15H17F3N6O. The van der Waals surface area contributed by atoms with Gasteiger partial charge >= 0.3 is 6.18 Å². The van der Waals surface area contributed by atoms with Crippen LogP contribution < -0.4 is 10.6 Å². The highest BCUT2D eigenvalue weighted by atomic mass is 19.4. The van der Waals surface area contributed by atoms with E-state index in [0.717, 1.165) is 6.07 Å². The molecule has 1 aliphatic rings. The number of rotatable bonds is 3. The summed E-state index contributed by atoms with van der Waals surface area (Å²) in [6.45, 7) is 0.753. The minimum absolute atomic E-state index is 0.00315. The average molecular weight is 354 g/mol. The quantitative estimate of drug-likeness (QED) is 0.904. The number of carbonyl (C=O) groups is 1. The summed E-state index contributed by atoms with van der Waals surface area (Å²) in [7, 11) is 1.67. The van der Waals surface area contributed by atoms with Gasteiger partial charge < -0.3 is 10.6 Å². The fourth-order valence-electron chi connectivity index (χ4n) is 2.79. The molecule has 0 aliphatic carbocycles. The number of primary amides is 1. The Labute approximate surface area is 141 Å². The standard InChI is InChI=1S/C15H17F3N6O/c1-23-8-10(7-20-23)11-6-12(15(16,17)18)22-14(21-11)24-4-2-9(3-5-24)13(19)25/h6-9H,2-5H2,1H3,(H2,19,25). The van der Waals surface area contributed by atoms with Crippen molar-refractivity contribution in [3.8, 4) is 11.3 Å². The molecule has 1 saturated heterocycles. The lowest BCUT2D eigenvalue weighted by Gasteiger charge is -2.31. The molecule has 10 heteroatoms. The highest BCUT2D eigenvalue weighted by molar-refractivity contribution is 5.77. The van der Waals surface area contributed by atoms with E-state index in [-0.39, 0.29) is 23.5 Å². The number of hydrogen-bond donors (Lipinski definition) is 1. The van der Waals surface area contributed by atoms with Gasteiger partial charge in [0.1, 0.15) is 0 Å². The lowest BCUT2D eigenvalue weighted by molar-refractivity contribution is -0.141. The fourth-order valence-corrected chi connectivity index (χ4v) is 2.79. The van der Waals surface area contributed by atoms with Crippen LogP contribution in [0, 0.1) is 5.92 Å². The Kier molecular flexibility index (Phi) is 4.36. The van der Waals surface area contributed by atoms with Gasteiger partial charge in [-0.15, -0.1) is 0 Å². The van der Waals surface area contributed by atoms with Crippen molar-refractivity contribution in [2.24, 2.45) is 18.7 Å². The number of anilines is 1. The SMILES string of the molecule is Cn1cc(-c2cc(C(F)(F)F)nc(N3CCC(C(N)=O)CC3)n2)cn1. The van der Waals surface area contributed by atoms with Crippen LogP contribution >= 0.6 is 0 Å². The first-order valence-electron chi connectivity index (χ1n) is 7.73. The van der Waals surface area contributed by atoms with Crippen molar-refractivity contribution in [3.63, 3.8) is 0 Å². The van der Waals surface area contributed by atoms with Crippen LogP contribution in [-0.4, -0.2) is 38.7 Å². The van der Waals surface area contributed by atoms with E-state index in [1.165, 1.54) is 10.9 Å². The Balaban J connectivity index is 1.95. The van der Waals surface area contributed by atoms with Gasteiger partial charge in [0.2, 0.25) is 11.9 Å². The Morgan fingerprint density at radius 2 is 1.96 bits per heavy atom. The molecule has 3 rings (SSSR count). The summed E-state index contributed by atoms with van der Waals surface area (Å²) in [6.07, 6.45) is -0.605. The zero-order chi connectivity index (χ0) is 18.2. The molecule has 134 valence electrons. The van der Waals surface area contributed by atoms with Crippen LogP contribution in [0.2, 0.25) is 0 Å². The van der Waals surface area contributed by atoms with E-state index in [1.54, 1.807) is 18.1 Å². The van der Waals surface area contributed by atoms with Crippen molar-refractivity contribution in [1.29, 1.82) is 0 Å². The Hall–Kier alpha value is -2.65. The first-order chi connectivity index (χ1) is 11.7. The summed E-state index contributed by atoms with van der Waals surface area (Å²) in [5, 5.41) is 3.97. The first-order valence-corrected chi connectivity index (χ1v) is 7.73. The monoisotopic (exact) mass is 354 g/mol. The summed E-state index contributed by atoms with van der Waals surface area (Å²) in [5.74, 6) is -0.655. The van der Waals surface area contributed by atoms with E-state index >= 15 is 0 Å². The molecule has 1 aliphatic heterocycles. The van der Waals surface area contributed by atoms with E-state index in [9.17, 15) is 18.0 Å². The van der Waals surface area contributed by atoms with Crippen LogP contribution in [0.15, 0.2) is 18.5 Å². The zero-order valence-corrected chi connectivity index (χ0v) is 13.5. The maximum Gasteiger partial charge on any atom is 0.433 e. The molecule has 0 spiro atoms. The Bertz CT molecular complexity index is 780. The molecule has 3 heterocycles. The van der Waals surface area contributed by atoms with Gasteiger partial charge in [-0.1, -0.05) is 0 Å². The number of hydrogen-bond acceptors (Lipinski definition) is 5. The van der Waals surface area contributed by atoms with Crippen LogP contribution in [-0.2, 0) is 18.0 Å². The third-order valence-electron chi connectivity index (χ3n) is 4.19. The molecule has 0 radical (unpaired) electrons. The number of nitrogens with zero attached hydrogens (tertiary/aromatic N) is 5. The van der Waals surface area contributed by atoms with E-state index in [0.29, 0.717) is 31.5 Å². The van der Waals surface area contributed by atoms with Crippen molar-refractivity contribution < 1.29 is 18.0 Å². The summed E-state index contributed by atoms with van der Waals surface area (Å²) in [6, 6.07) is 0.913. The minimum Gasteiger partial charge on any atom is -0.369 e. The predicted molar refractivity (Wildman–Crippen MR) is 83.4 cm³/mol. The predicted octanol–water partition coefficient (Wildman–Crippen LogP) is 1.60. The van der Waals surface area contributed by atoms with Crippen molar-refractivity contribution in [3.05, 3.63) is 24.2 Å². The zero-order valence-electron chi connectivity index (χ0n) is 13.5. The third kappa shape index (κ3) is 3.72. The van der Waals surface area contributed by atoms with Crippen LogP contribution in [0.3, 0.4) is 0 Å². The van der Waals surface area contributed by atoms with Crippen LogP contribution in [0.5, 0.6) is 0 Å². The van der Waals surface area contributed by atoms with Gasteiger partial charge in [-0.3, -0.25) is 9.48 Å². The second-order valence-electron chi connectivity index (χ2n) is 6.00. The molecule has 2 aromatic rings. The van der Waals surface area contributed by atoms with Gasteiger partial charge in [0, 0.05) is 37.8 Å². The minimum atomic E-state index is -4.58. The summed E-state index contributed by atoms with van der Waals surface area (Å²) >= 11 is 0. The summed E-state index contributed by atoms with van der Waals surface area (Å²) in [4.78, 5) is 20.8. The largest absolute Gasteiger partial charge is 0.433 e. The number of nitrogens with two attached hydrogens (primary N) is 1. The smallest absolute Gasteiger partial charge is 0.369 e. The molecule has 7 nitrogen and oxygen atoms in total. The molecule has 25 heavy (non-hydrogen) atoms. The van der Waals surface area contributed by atoms with Crippen molar-refractivity contribution in [2.45, 2.75) is 19.0 Å². The van der Waals surface area contributed by atoms with Crippen molar-refractivity contribution in [2.75, 3.05) is 18.0 Å². The number of aromatic nitrogens is 4. The van der Waals surface area contributed by atoms with Crippen molar-refractivity contribution in [1.82, 2.24) is 19.7 Å². The van der Waals surface area contributed by atoms with E-state index in [4.69, 9.17) is 5.73 Å². The maximum absolute atomic E-state index is 13.2. The lowest BCUT2D eigenvalue weighted by atomic mass is 9.96. The van der Waals surface area contributed by atoms with Crippen LogP contribution in [0.1, 0.15) is 18.5 Å². The van der Waals surface area contributed by atoms with Gasteiger partial charge in [0.15, 0.2) is 5.69 Å². The number of amides is 1. The van der Waals surface area contributed by atoms with Crippen molar-refractivity contribution >= 4 is 11.9 Å². The fraction of sp³-hybridized carbons (Fsp3) is 0.467. The van der Waals surface area contributed by atoms with Gasteiger partial charge in [-0.2, -0.15) is 18.3 Å². The van der Waals surface area contributed by atoms with E-state index < -0.39 is 11.9 Å². The molecule has 2 aromatic heterocycles. The second kappa shape index (κ2) is 6.34. The van der Waals surface area contributed by atoms with Gasteiger partial charge in [-0.25, -0.2) is 9.97 Å². The highest BCUT2D eigenvalue weighted by Gasteiger charge is 2.35. The number of piperidine rings is 1. The van der Waals surface area contributed by atoms with E-state index in [2.05, 4.69) is 15.1 Å². The number of alkyl halides is 3. The maximum atomic E-state index is 13.2. The normalized spacial score (nSPS) is 16.2.